The first kappa shape index (κ1) is 11.5. The Kier molecular flexibility index (Phi) is 5.03. The smallest absolute Gasteiger partial charge is 0.0230 e. The zero-order valence-corrected chi connectivity index (χ0v) is 9.22. The lowest BCUT2D eigenvalue weighted by Crippen LogP contribution is -2.26. The molecule has 0 aromatic carbocycles. The van der Waals surface area contributed by atoms with Crippen LogP contribution in [-0.2, 0) is 0 Å². The van der Waals surface area contributed by atoms with E-state index in [2.05, 4.69) is 32.3 Å². The van der Waals surface area contributed by atoms with Crippen molar-refractivity contribution < 1.29 is 0 Å². The molecule has 1 aliphatic rings. The molecule has 0 spiro atoms. The fourth-order valence-corrected chi connectivity index (χ4v) is 1.62. The fourth-order valence-electron chi connectivity index (χ4n) is 1.62. The molecule has 1 unspecified atom stereocenters. The summed E-state index contributed by atoms with van der Waals surface area (Å²) < 4.78 is 0. The molecule has 0 bridgehead atoms. The van der Waals surface area contributed by atoms with Gasteiger partial charge in [0.05, 0.1) is 0 Å². The number of allylic oxidation sites excluding steroid dienone is 1. The minimum Gasteiger partial charge on any atom is -0.373 e. The summed E-state index contributed by atoms with van der Waals surface area (Å²) in [4.78, 5) is 2.39. The predicted molar refractivity (Wildman–Crippen MR) is 56.1 cm³/mol. The molecular weight excluding hydrogens is 146 g/mol. The van der Waals surface area contributed by atoms with E-state index in [1.807, 2.05) is 13.8 Å². The first-order valence-electron chi connectivity index (χ1n) is 5.05. The van der Waals surface area contributed by atoms with E-state index < -0.39 is 0 Å². The Hall–Kier alpha value is -0.460. The van der Waals surface area contributed by atoms with Crippen molar-refractivity contribution in [3.63, 3.8) is 0 Å². The summed E-state index contributed by atoms with van der Waals surface area (Å²) in [6.45, 7) is 16.0. The number of likely N-dealkylation sites (tertiary alicyclic amines) is 1. The van der Waals surface area contributed by atoms with Gasteiger partial charge in [-0.1, -0.05) is 27.4 Å². The molecule has 0 radical (unpaired) electrons. The Balaban J connectivity index is 0.000000561. The molecule has 1 rings (SSSR count). The van der Waals surface area contributed by atoms with Crippen LogP contribution in [-0.4, -0.2) is 17.5 Å². The average Bonchev–Trinajstić information content (AvgIpc) is 2.34. The van der Waals surface area contributed by atoms with Gasteiger partial charge in [0.15, 0.2) is 0 Å². The van der Waals surface area contributed by atoms with Gasteiger partial charge in [0.2, 0.25) is 0 Å². The molecule has 0 aromatic rings. The Bertz CT molecular complexity index is 138. The third-order valence-corrected chi connectivity index (χ3v) is 2.12. The van der Waals surface area contributed by atoms with Crippen molar-refractivity contribution >= 4 is 0 Å². The summed E-state index contributed by atoms with van der Waals surface area (Å²) in [6.07, 6.45) is 1.19. The maximum Gasteiger partial charge on any atom is 0.0230 e. The summed E-state index contributed by atoms with van der Waals surface area (Å²) in [5.74, 6) is 0.815. The van der Waals surface area contributed by atoms with Crippen molar-refractivity contribution in [3.8, 4) is 0 Å². The van der Waals surface area contributed by atoms with Crippen LogP contribution in [0.15, 0.2) is 12.3 Å². The number of hydrogen-bond donors (Lipinski definition) is 0. The van der Waals surface area contributed by atoms with E-state index in [-0.39, 0.29) is 0 Å². The normalized spacial score (nSPS) is 22.7. The van der Waals surface area contributed by atoms with Crippen LogP contribution in [0.4, 0.5) is 0 Å². The second kappa shape index (κ2) is 5.23. The monoisotopic (exact) mass is 169 g/mol. The van der Waals surface area contributed by atoms with Gasteiger partial charge in [-0.05, 0) is 26.2 Å². The minimum atomic E-state index is 0.637. The largest absolute Gasteiger partial charge is 0.373 e. The van der Waals surface area contributed by atoms with Crippen molar-refractivity contribution in [1.29, 1.82) is 0 Å². The molecule has 0 aliphatic carbocycles. The van der Waals surface area contributed by atoms with Crippen LogP contribution in [0.1, 0.15) is 41.0 Å². The van der Waals surface area contributed by atoms with E-state index >= 15 is 0 Å². The van der Waals surface area contributed by atoms with Gasteiger partial charge in [-0.25, -0.2) is 0 Å². The van der Waals surface area contributed by atoms with E-state index in [1.165, 1.54) is 18.7 Å². The van der Waals surface area contributed by atoms with E-state index in [0.29, 0.717) is 6.04 Å². The summed E-state index contributed by atoms with van der Waals surface area (Å²) in [5.41, 5.74) is 1.32. The van der Waals surface area contributed by atoms with Crippen LogP contribution in [0.25, 0.3) is 0 Å². The van der Waals surface area contributed by atoms with Gasteiger partial charge in [0.1, 0.15) is 0 Å². The molecule has 1 fully saturated rings. The molecule has 0 amide bonds. The van der Waals surface area contributed by atoms with Crippen LogP contribution in [0.5, 0.6) is 0 Å². The standard InChI is InChI=1S/C9H17N.C2H6/c1-7(2)10-6-8(3)5-9(10)4;1-2/h7-8H,4-6H2,1-3H3;1-2H3. The third kappa shape index (κ3) is 2.88. The van der Waals surface area contributed by atoms with Crippen molar-refractivity contribution in [3.05, 3.63) is 12.3 Å². The van der Waals surface area contributed by atoms with Gasteiger partial charge in [-0.15, -0.1) is 0 Å². The first-order chi connectivity index (χ1) is 5.61. The molecular formula is C11H23N. The Morgan fingerprint density at radius 2 is 1.92 bits per heavy atom. The zero-order chi connectivity index (χ0) is 9.72. The maximum atomic E-state index is 4.03. The van der Waals surface area contributed by atoms with Crippen molar-refractivity contribution in [1.82, 2.24) is 4.90 Å². The fraction of sp³-hybridized carbons (Fsp3) is 0.818. The average molecular weight is 169 g/mol. The predicted octanol–water partition coefficient (Wildman–Crippen LogP) is 3.28. The molecule has 12 heavy (non-hydrogen) atoms. The lowest BCUT2D eigenvalue weighted by atomic mass is 10.1. The van der Waals surface area contributed by atoms with E-state index in [1.54, 1.807) is 0 Å². The molecule has 72 valence electrons. The van der Waals surface area contributed by atoms with Crippen LogP contribution < -0.4 is 0 Å². The molecule has 1 saturated heterocycles. The molecule has 0 N–H and O–H groups in total. The SMILES string of the molecule is C=C1CC(C)CN1C(C)C.CC. The summed E-state index contributed by atoms with van der Waals surface area (Å²) in [6, 6.07) is 0.637. The van der Waals surface area contributed by atoms with E-state index in [9.17, 15) is 0 Å². The van der Waals surface area contributed by atoms with E-state index in [4.69, 9.17) is 0 Å². The quantitative estimate of drug-likeness (QED) is 0.582. The molecule has 0 saturated carbocycles. The van der Waals surface area contributed by atoms with Crippen LogP contribution in [0.2, 0.25) is 0 Å². The van der Waals surface area contributed by atoms with Gasteiger partial charge >= 0.3 is 0 Å². The Morgan fingerprint density at radius 1 is 1.42 bits per heavy atom. The van der Waals surface area contributed by atoms with Crippen LogP contribution in [0, 0.1) is 5.92 Å². The Morgan fingerprint density at radius 3 is 2.08 bits per heavy atom. The van der Waals surface area contributed by atoms with Crippen molar-refractivity contribution in [2.45, 2.75) is 47.1 Å². The van der Waals surface area contributed by atoms with E-state index in [0.717, 1.165) is 5.92 Å². The highest BCUT2D eigenvalue weighted by Crippen LogP contribution is 2.26. The Labute approximate surface area is 77.5 Å². The molecule has 0 aromatic heterocycles. The van der Waals surface area contributed by atoms with Gasteiger partial charge in [-0.2, -0.15) is 0 Å². The van der Waals surface area contributed by atoms with Crippen LogP contribution >= 0.6 is 0 Å². The number of hydrogen-bond acceptors (Lipinski definition) is 1. The second-order valence-corrected chi connectivity index (χ2v) is 3.62. The van der Waals surface area contributed by atoms with Gasteiger partial charge in [0, 0.05) is 18.3 Å². The highest BCUT2D eigenvalue weighted by atomic mass is 15.2. The molecule has 1 heterocycles. The van der Waals surface area contributed by atoms with Gasteiger partial charge in [0.25, 0.3) is 0 Å². The highest BCUT2D eigenvalue weighted by molar-refractivity contribution is 5.03. The number of rotatable bonds is 1. The minimum absolute atomic E-state index is 0.637. The highest BCUT2D eigenvalue weighted by Gasteiger charge is 2.22. The van der Waals surface area contributed by atoms with Crippen molar-refractivity contribution in [2.75, 3.05) is 6.54 Å². The lowest BCUT2D eigenvalue weighted by Gasteiger charge is -2.23. The summed E-state index contributed by atoms with van der Waals surface area (Å²) >= 11 is 0. The second-order valence-electron chi connectivity index (χ2n) is 3.62. The molecule has 1 nitrogen and oxygen atoms in total. The number of nitrogens with zero attached hydrogens (tertiary/aromatic N) is 1. The molecule has 1 heteroatoms. The third-order valence-electron chi connectivity index (χ3n) is 2.12. The lowest BCUT2D eigenvalue weighted by molar-refractivity contribution is 0.309. The molecule has 1 aliphatic heterocycles. The van der Waals surface area contributed by atoms with Crippen molar-refractivity contribution in [2.24, 2.45) is 5.92 Å². The topological polar surface area (TPSA) is 3.24 Å². The molecule has 1 atom stereocenters. The maximum absolute atomic E-state index is 4.03. The summed E-state index contributed by atoms with van der Waals surface area (Å²) in [7, 11) is 0. The summed E-state index contributed by atoms with van der Waals surface area (Å²) in [5, 5.41) is 0. The van der Waals surface area contributed by atoms with Gasteiger partial charge < -0.3 is 4.90 Å². The van der Waals surface area contributed by atoms with Crippen LogP contribution in [0.3, 0.4) is 0 Å². The van der Waals surface area contributed by atoms with Gasteiger partial charge in [-0.3, -0.25) is 0 Å². The first-order valence-corrected chi connectivity index (χ1v) is 5.05. The zero-order valence-electron chi connectivity index (χ0n) is 9.22.